The topological polar surface area (TPSA) is 34.3 Å². The predicted molar refractivity (Wildman–Crippen MR) is 29.8 cm³/mol. The average Bonchev–Trinajstić information content (AvgIpc) is 2.72. The van der Waals surface area contributed by atoms with Crippen LogP contribution < -0.4 is 0 Å². The van der Waals surface area contributed by atoms with E-state index in [0.717, 1.165) is 19.6 Å². The highest BCUT2D eigenvalue weighted by molar-refractivity contribution is 4.98. The lowest BCUT2D eigenvalue weighted by Gasteiger charge is -1.91. The summed E-state index contributed by atoms with van der Waals surface area (Å²) in [4.78, 5) is 0. The number of rotatable bonds is 3. The fourth-order valence-corrected chi connectivity index (χ4v) is 0.808. The summed E-state index contributed by atoms with van der Waals surface area (Å²) < 4.78 is 15.3. The van der Waals surface area contributed by atoms with Crippen molar-refractivity contribution in [1.29, 1.82) is 0 Å². The number of ether oxygens (including phenoxy) is 3. The first-order valence-electron chi connectivity index (χ1n) is 3.31. The molecule has 2 saturated heterocycles. The third kappa shape index (κ3) is 0.852. The first-order valence-corrected chi connectivity index (χ1v) is 3.31. The van der Waals surface area contributed by atoms with E-state index >= 15 is 0 Å². The molecule has 0 saturated carbocycles. The van der Waals surface area contributed by atoms with Crippen molar-refractivity contribution >= 4 is 0 Å². The third-order valence-corrected chi connectivity index (χ3v) is 1.51. The largest absolute Gasteiger partial charge is 0.348 e. The zero-order valence-electron chi connectivity index (χ0n) is 5.42. The van der Waals surface area contributed by atoms with Gasteiger partial charge in [-0.1, -0.05) is 6.92 Å². The van der Waals surface area contributed by atoms with Gasteiger partial charge in [-0.3, -0.25) is 0 Å². The Morgan fingerprint density at radius 2 is 2.56 bits per heavy atom. The first-order chi connectivity index (χ1) is 4.37. The van der Waals surface area contributed by atoms with Gasteiger partial charge in [-0.25, -0.2) is 0 Å². The van der Waals surface area contributed by atoms with E-state index in [4.69, 9.17) is 14.2 Å². The molecular weight excluding hydrogens is 120 g/mol. The molecule has 2 aliphatic heterocycles. The van der Waals surface area contributed by atoms with Crippen molar-refractivity contribution < 1.29 is 14.2 Å². The highest BCUT2D eigenvalue weighted by atomic mass is 16.9. The van der Waals surface area contributed by atoms with E-state index in [1.807, 2.05) is 0 Å². The second kappa shape index (κ2) is 1.68. The minimum absolute atomic E-state index is 0.0440. The van der Waals surface area contributed by atoms with Gasteiger partial charge in [-0.2, -0.15) is 0 Å². The van der Waals surface area contributed by atoms with E-state index in [1.54, 1.807) is 0 Å². The molecule has 3 nitrogen and oxygen atoms in total. The molecule has 3 heteroatoms. The van der Waals surface area contributed by atoms with Crippen LogP contribution in [0.3, 0.4) is 0 Å². The minimum Gasteiger partial charge on any atom is -0.348 e. The zero-order chi connectivity index (χ0) is 6.32. The number of hydrogen-bond acceptors (Lipinski definition) is 3. The normalized spacial score (nSPS) is 45.7. The van der Waals surface area contributed by atoms with Crippen molar-refractivity contribution in [3.63, 3.8) is 0 Å². The van der Waals surface area contributed by atoms with Crippen molar-refractivity contribution in [2.24, 2.45) is 0 Å². The maximum absolute atomic E-state index is 5.23. The maximum atomic E-state index is 5.23. The van der Waals surface area contributed by atoms with Crippen LogP contribution in [0.2, 0.25) is 0 Å². The van der Waals surface area contributed by atoms with Crippen LogP contribution in [0.25, 0.3) is 0 Å². The van der Waals surface area contributed by atoms with Gasteiger partial charge in [0.2, 0.25) is 12.1 Å². The SMILES string of the molecule is CCCOC1OC12CO2. The molecule has 0 aromatic heterocycles. The molecule has 0 aliphatic carbocycles. The molecule has 1 spiro atoms. The van der Waals surface area contributed by atoms with E-state index in [1.165, 1.54) is 0 Å². The van der Waals surface area contributed by atoms with E-state index in [9.17, 15) is 0 Å². The Morgan fingerprint density at radius 3 is 3.00 bits per heavy atom. The molecule has 0 N–H and O–H groups in total. The van der Waals surface area contributed by atoms with Crippen LogP contribution in [0, 0.1) is 0 Å². The quantitative estimate of drug-likeness (QED) is 0.521. The summed E-state index contributed by atoms with van der Waals surface area (Å²) in [5.74, 6) is -0.255. The molecule has 2 rings (SSSR count). The van der Waals surface area contributed by atoms with Crippen LogP contribution in [-0.4, -0.2) is 25.3 Å². The molecule has 0 radical (unpaired) electrons. The van der Waals surface area contributed by atoms with Gasteiger partial charge in [0.25, 0.3) is 0 Å². The summed E-state index contributed by atoms with van der Waals surface area (Å²) in [6.45, 7) is 3.57. The fourth-order valence-electron chi connectivity index (χ4n) is 0.808. The van der Waals surface area contributed by atoms with Gasteiger partial charge in [0.1, 0.15) is 6.61 Å². The second-order valence-electron chi connectivity index (χ2n) is 2.42. The average molecular weight is 130 g/mol. The fraction of sp³-hybridized carbons (Fsp3) is 1.00. The molecule has 0 bridgehead atoms. The van der Waals surface area contributed by atoms with E-state index < -0.39 is 0 Å². The summed E-state index contributed by atoms with van der Waals surface area (Å²) in [7, 11) is 0. The van der Waals surface area contributed by atoms with Crippen LogP contribution in [0.1, 0.15) is 13.3 Å². The molecule has 9 heavy (non-hydrogen) atoms. The Morgan fingerprint density at radius 1 is 1.78 bits per heavy atom. The van der Waals surface area contributed by atoms with Gasteiger partial charge in [0.15, 0.2) is 0 Å². The Labute approximate surface area is 53.9 Å². The van der Waals surface area contributed by atoms with Gasteiger partial charge < -0.3 is 14.2 Å². The number of hydrogen-bond donors (Lipinski definition) is 0. The Kier molecular flexibility index (Phi) is 1.06. The highest BCUT2D eigenvalue weighted by Crippen LogP contribution is 2.49. The van der Waals surface area contributed by atoms with Crippen LogP contribution in [0.5, 0.6) is 0 Å². The van der Waals surface area contributed by atoms with Gasteiger partial charge in [-0.05, 0) is 6.42 Å². The van der Waals surface area contributed by atoms with E-state index in [-0.39, 0.29) is 12.1 Å². The maximum Gasteiger partial charge on any atom is 0.247 e. The molecule has 2 atom stereocenters. The highest BCUT2D eigenvalue weighted by Gasteiger charge is 2.70. The third-order valence-electron chi connectivity index (χ3n) is 1.51. The molecule has 2 aliphatic rings. The van der Waals surface area contributed by atoms with Crippen LogP contribution in [0.4, 0.5) is 0 Å². The molecule has 0 aromatic rings. The van der Waals surface area contributed by atoms with Crippen molar-refractivity contribution in [3.8, 4) is 0 Å². The zero-order valence-corrected chi connectivity index (χ0v) is 5.42. The lowest BCUT2D eigenvalue weighted by Crippen LogP contribution is -2.01. The molecular formula is C6H10O3. The summed E-state index contributed by atoms with van der Waals surface area (Å²) in [6, 6.07) is 0. The molecule has 0 amide bonds. The van der Waals surface area contributed by atoms with E-state index in [2.05, 4.69) is 6.92 Å². The molecule has 2 heterocycles. The second-order valence-corrected chi connectivity index (χ2v) is 2.42. The summed E-state index contributed by atoms with van der Waals surface area (Å²) in [6.07, 6.45) is 0.994. The standard InChI is InChI=1S/C6H10O3/c1-2-3-7-5-6(9-5)4-8-6/h5H,2-4H2,1H3. The Bertz CT molecular complexity index is 119. The van der Waals surface area contributed by atoms with Crippen molar-refractivity contribution in [2.75, 3.05) is 13.2 Å². The lowest BCUT2D eigenvalue weighted by atomic mass is 10.5. The van der Waals surface area contributed by atoms with Crippen LogP contribution in [-0.2, 0) is 14.2 Å². The van der Waals surface area contributed by atoms with Crippen molar-refractivity contribution in [2.45, 2.75) is 25.4 Å². The molecule has 2 fully saturated rings. The van der Waals surface area contributed by atoms with Crippen LogP contribution >= 0.6 is 0 Å². The minimum atomic E-state index is -0.255. The monoisotopic (exact) mass is 130 g/mol. The summed E-state index contributed by atoms with van der Waals surface area (Å²) >= 11 is 0. The molecule has 2 unspecified atom stereocenters. The van der Waals surface area contributed by atoms with E-state index in [0.29, 0.717) is 0 Å². The predicted octanol–water partition coefficient (Wildman–Crippen LogP) is 0.496. The molecule has 0 aromatic carbocycles. The Balaban J connectivity index is 1.67. The van der Waals surface area contributed by atoms with Crippen molar-refractivity contribution in [3.05, 3.63) is 0 Å². The Hall–Kier alpha value is -0.120. The number of epoxide rings is 2. The smallest absolute Gasteiger partial charge is 0.247 e. The summed E-state index contributed by atoms with van der Waals surface area (Å²) in [5.41, 5.74) is 0. The van der Waals surface area contributed by atoms with Gasteiger partial charge in [-0.15, -0.1) is 0 Å². The summed E-state index contributed by atoms with van der Waals surface area (Å²) in [5, 5.41) is 0. The lowest BCUT2D eigenvalue weighted by molar-refractivity contribution is 0.0506. The van der Waals surface area contributed by atoms with Gasteiger partial charge in [0, 0.05) is 6.61 Å². The van der Waals surface area contributed by atoms with Crippen molar-refractivity contribution in [1.82, 2.24) is 0 Å². The van der Waals surface area contributed by atoms with Gasteiger partial charge >= 0.3 is 0 Å². The molecule has 52 valence electrons. The van der Waals surface area contributed by atoms with Crippen LogP contribution in [0.15, 0.2) is 0 Å². The van der Waals surface area contributed by atoms with Gasteiger partial charge in [0.05, 0.1) is 0 Å². The first kappa shape index (κ1) is 5.65.